The molecule has 12 atom stereocenters. The van der Waals surface area contributed by atoms with Gasteiger partial charge in [-0.2, -0.15) is 0 Å². The van der Waals surface area contributed by atoms with Gasteiger partial charge in [-0.05, 0) is 29.5 Å². The number of rotatable bonds is 5. The first kappa shape index (κ1) is 33.2. The van der Waals surface area contributed by atoms with Gasteiger partial charge < -0.3 is 75.9 Å². The molecule has 2 aromatic rings. The predicted molar refractivity (Wildman–Crippen MR) is 161 cm³/mol. The number of esters is 2. The second-order valence-corrected chi connectivity index (χ2v) is 15.6. The number of nitrogens with zero attached hydrogens (tertiary/aromatic N) is 2. The predicted octanol–water partition coefficient (Wildman–Crippen LogP) is -2.54. The van der Waals surface area contributed by atoms with Gasteiger partial charge in [-0.25, -0.2) is 0 Å². The number of fused-ring (bicyclic) bond motifs is 11. The van der Waals surface area contributed by atoms with Crippen molar-refractivity contribution in [3.8, 4) is 0 Å². The lowest BCUT2D eigenvalue weighted by molar-refractivity contribution is -0.938. The van der Waals surface area contributed by atoms with E-state index in [1.807, 2.05) is 54.6 Å². The fourth-order valence-corrected chi connectivity index (χ4v) is 10.5. The number of likely N-dealkylation sites (N-methyl/N-ethyl adjacent to an activating group) is 2. The van der Waals surface area contributed by atoms with E-state index in [-0.39, 0.29) is 72.1 Å². The summed E-state index contributed by atoms with van der Waals surface area (Å²) in [4.78, 5) is 28.6. The van der Waals surface area contributed by atoms with Gasteiger partial charge in [0.15, 0.2) is 0 Å². The van der Waals surface area contributed by atoms with Crippen LogP contribution in [0.25, 0.3) is 0 Å². The topological polar surface area (TPSA) is 77.7 Å². The number of epoxide rings is 2. The summed E-state index contributed by atoms with van der Waals surface area (Å²) in [6, 6.07) is 19.5. The molecule has 6 aliphatic heterocycles. The number of hydrogen-bond donors (Lipinski definition) is 0. The molecule has 7 aliphatic rings. The zero-order valence-electron chi connectivity index (χ0n) is 26.9. The summed E-state index contributed by atoms with van der Waals surface area (Å²) in [5, 5.41) is 0. The maximum absolute atomic E-state index is 14.6. The Labute approximate surface area is 305 Å². The van der Waals surface area contributed by atoms with Crippen LogP contribution in [0.3, 0.4) is 0 Å². The van der Waals surface area contributed by atoms with Gasteiger partial charge in [-0.1, -0.05) is 54.6 Å². The maximum atomic E-state index is 14.6. The minimum Gasteiger partial charge on any atom is -1.00 e. The largest absolute Gasteiger partial charge is 1.00 e. The molecule has 46 heavy (non-hydrogen) atoms. The van der Waals surface area contributed by atoms with Crippen molar-refractivity contribution >= 4 is 11.9 Å². The van der Waals surface area contributed by atoms with Crippen molar-refractivity contribution in [2.75, 3.05) is 28.2 Å². The number of carbonyl (C=O) groups is 2. The first-order valence-corrected chi connectivity index (χ1v) is 16.6. The summed E-state index contributed by atoms with van der Waals surface area (Å²) in [6.07, 6.45) is 5.38. The second-order valence-electron chi connectivity index (χ2n) is 15.6. The average molecular weight is 855 g/mol. The van der Waals surface area contributed by atoms with E-state index >= 15 is 0 Å². The molecule has 0 N–H and O–H groups in total. The smallest absolute Gasteiger partial charge is 0.321 e. The highest BCUT2D eigenvalue weighted by molar-refractivity contribution is 5.91. The fourth-order valence-electron chi connectivity index (χ4n) is 10.5. The molecule has 0 radical (unpaired) electrons. The maximum Gasteiger partial charge on any atom is 0.321 e. The molecule has 8 nitrogen and oxygen atoms in total. The summed E-state index contributed by atoms with van der Waals surface area (Å²) >= 11 is 0. The quantitative estimate of drug-likeness (QED) is 0.143. The van der Waals surface area contributed by atoms with E-state index in [2.05, 4.69) is 28.2 Å². The van der Waals surface area contributed by atoms with E-state index in [1.165, 1.54) is 0 Å². The third-order valence-electron chi connectivity index (χ3n) is 13.1. The molecule has 248 valence electrons. The van der Waals surface area contributed by atoms with E-state index in [0.717, 1.165) is 51.3 Å². The third-order valence-corrected chi connectivity index (χ3v) is 13.1. The second kappa shape index (κ2) is 11.4. The zero-order valence-corrected chi connectivity index (χ0v) is 31.2. The molecule has 1 aliphatic carbocycles. The average Bonchev–Trinajstić information content (AvgIpc) is 3.91. The number of halogens is 2. The van der Waals surface area contributed by atoms with Crippen LogP contribution >= 0.6 is 0 Å². The molecule has 0 aromatic heterocycles. The van der Waals surface area contributed by atoms with Crippen molar-refractivity contribution in [2.45, 2.75) is 111 Å². The Balaban J connectivity index is 0.00000169. The number of ether oxygens (including phenoxy) is 4. The summed E-state index contributed by atoms with van der Waals surface area (Å²) in [7, 11) is 9.16. The highest BCUT2D eigenvalue weighted by atomic mass is 127. The molecule has 0 spiro atoms. The number of quaternary nitrogens is 2. The van der Waals surface area contributed by atoms with Gasteiger partial charge in [0.2, 0.25) is 0 Å². The third kappa shape index (κ3) is 4.69. The lowest BCUT2D eigenvalue weighted by Crippen LogP contribution is -3.00. The van der Waals surface area contributed by atoms with Crippen LogP contribution in [0.4, 0.5) is 0 Å². The summed E-state index contributed by atoms with van der Waals surface area (Å²) in [5.41, 5.74) is 1.72. The van der Waals surface area contributed by atoms with Gasteiger partial charge in [0, 0.05) is 25.7 Å². The Morgan fingerprint density at radius 1 is 0.696 bits per heavy atom. The van der Waals surface area contributed by atoms with Crippen molar-refractivity contribution in [3.05, 3.63) is 71.3 Å². The van der Waals surface area contributed by atoms with Crippen LogP contribution in [0.1, 0.15) is 61.1 Å². The highest BCUT2D eigenvalue weighted by Gasteiger charge is 2.72. The summed E-state index contributed by atoms with van der Waals surface area (Å²) < 4.78 is 26.7. The van der Waals surface area contributed by atoms with Crippen LogP contribution in [0.15, 0.2) is 54.6 Å². The Bertz CT molecular complexity index is 1500. The summed E-state index contributed by atoms with van der Waals surface area (Å²) in [5.74, 6) is -0.768. The molecule has 6 heterocycles. The normalized spacial score (nSPS) is 42.6. The number of hydrogen-bond acceptors (Lipinski definition) is 6. The molecule has 0 saturated carbocycles. The van der Waals surface area contributed by atoms with Gasteiger partial charge in [0.05, 0.1) is 34.1 Å². The molecular formula is C36H44I2N2O6. The van der Waals surface area contributed by atoms with Crippen molar-refractivity contribution in [1.29, 1.82) is 0 Å². The van der Waals surface area contributed by atoms with Crippen LogP contribution in [0.2, 0.25) is 0 Å². The Morgan fingerprint density at radius 3 is 1.72 bits per heavy atom. The standard InChI is InChI=1S/C36H44N2O6.2HI/c1-37(2)26-16-21(17-27(37)31-30(26)43-31)41-34(39)24-14-15-36(20-10-6-5-7-11-20,25-13-9-8-12-23(24)25)35(40)42-22-18-28-32-33(44-32)29(19-22)38(28,3)4;;/h5-13,21-22,24,26-33H,14-19H2,1-4H3;2*1H/q+2;;/p-2/t21?,22?,24-,26-,27+,28-,29+,30?,31?,32?,33?,36+;;/m0../s1. The number of carbonyl (C=O) groups excluding carboxylic acids is 2. The minimum atomic E-state index is -0.973. The van der Waals surface area contributed by atoms with Crippen LogP contribution in [0, 0.1) is 0 Å². The monoisotopic (exact) mass is 854 g/mol. The Hall–Kier alpha value is -1.32. The molecule has 2 aromatic carbocycles. The minimum absolute atomic E-state index is 0. The molecule has 0 amide bonds. The lowest BCUT2D eigenvalue weighted by Gasteiger charge is -2.46. The van der Waals surface area contributed by atoms with Crippen LogP contribution < -0.4 is 48.0 Å². The fraction of sp³-hybridized carbons (Fsp3) is 0.611. The van der Waals surface area contributed by atoms with Gasteiger partial charge in [0.1, 0.15) is 66.2 Å². The van der Waals surface area contributed by atoms with Crippen molar-refractivity contribution in [3.63, 3.8) is 0 Å². The van der Waals surface area contributed by atoms with E-state index < -0.39 is 11.3 Å². The SMILES string of the molecule is C[N+]1(C)[C@@H]2CC(OC(=O)[C@H]3CC[C@@](C(=O)OC4C[C@@H]5C6OC6[C@H](C4)[N+]5(C)C)(c4ccccc4)c4ccccc43)C[C@H]1C1OC12.[I-].[I-]. The van der Waals surface area contributed by atoms with Crippen molar-refractivity contribution < 1.29 is 85.5 Å². The van der Waals surface area contributed by atoms with Crippen molar-refractivity contribution in [1.82, 2.24) is 0 Å². The van der Waals surface area contributed by atoms with Crippen molar-refractivity contribution in [2.24, 2.45) is 0 Å². The van der Waals surface area contributed by atoms with Gasteiger partial charge in [-0.3, -0.25) is 9.59 Å². The van der Waals surface area contributed by atoms with Crippen LogP contribution in [0.5, 0.6) is 0 Å². The van der Waals surface area contributed by atoms with Gasteiger partial charge in [-0.15, -0.1) is 0 Å². The van der Waals surface area contributed by atoms with E-state index in [1.54, 1.807) is 0 Å². The molecule has 6 saturated heterocycles. The first-order chi connectivity index (χ1) is 21.1. The van der Waals surface area contributed by atoms with Crippen LogP contribution in [-0.2, 0) is 34.0 Å². The molecular weight excluding hydrogens is 810 g/mol. The lowest BCUT2D eigenvalue weighted by atomic mass is 9.63. The van der Waals surface area contributed by atoms with Gasteiger partial charge >= 0.3 is 11.9 Å². The highest BCUT2D eigenvalue weighted by Crippen LogP contribution is 2.54. The number of benzene rings is 2. The molecule has 6 fully saturated rings. The first-order valence-electron chi connectivity index (χ1n) is 16.6. The number of piperidine rings is 2. The van der Waals surface area contributed by atoms with E-state index in [4.69, 9.17) is 18.9 Å². The molecule has 4 bridgehead atoms. The zero-order chi connectivity index (χ0) is 30.2. The number of morpholine rings is 2. The van der Waals surface area contributed by atoms with Crippen LogP contribution in [-0.4, -0.2) is 110 Å². The Kier molecular flexibility index (Phi) is 8.20. The van der Waals surface area contributed by atoms with Gasteiger partial charge in [0.25, 0.3) is 0 Å². The van der Waals surface area contributed by atoms with E-state index in [9.17, 15) is 9.59 Å². The molecule has 10 heteroatoms. The summed E-state index contributed by atoms with van der Waals surface area (Å²) in [6.45, 7) is 0. The molecule has 9 rings (SSSR count). The molecule has 6 unspecified atom stereocenters. The van der Waals surface area contributed by atoms with E-state index in [0.29, 0.717) is 61.4 Å². The Morgan fingerprint density at radius 2 is 1.17 bits per heavy atom.